The monoisotopic (exact) mass is 467 g/mol. The van der Waals surface area contributed by atoms with Crippen molar-refractivity contribution in [1.29, 1.82) is 0 Å². The quantitative estimate of drug-likeness (QED) is 0.516. The van der Waals surface area contributed by atoms with E-state index in [1.807, 2.05) is 6.92 Å². The highest BCUT2D eigenvalue weighted by Gasteiger charge is 2.32. The second-order valence-corrected chi connectivity index (χ2v) is 9.98. The van der Waals surface area contributed by atoms with Gasteiger partial charge in [0.15, 0.2) is 0 Å². The molecule has 9 nitrogen and oxygen atoms in total. The maximum Gasteiger partial charge on any atom is 0.263 e. The molecule has 0 spiro atoms. The lowest BCUT2D eigenvalue weighted by Gasteiger charge is -2.26. The third-order valence-electron chi connectivity index (χ3n) is 6.55. The van der Waals surface area contributed by atoms with Crippen molar-refractivity contribution < 1.29 is 9.53 Å². The summed E-state index contributed by atoms with van der Waals surface area (Å²) in [4.78, 5) is 30.1. The number of amides is 1. The molecule has 0 aromatic carbocycles. The van der Waals surface area contributed by atoms with Crippen molar-refractivity contribution >= 4 is 39.1 Å². The molecular formula is C23H29N7O2S. The number of rotatable bonds is 5. The van der Waals surface area contributed by atoms with Crippen LogP contribution in [0, 0.1) is 12.8 Å². The molecule has 5 N–H and O–H groups in total. The van der Waals surface area contributed by atoms with Crippen LogP contribution in [-0.4, -0.2) is 59.7 Å². The number of nitrogen functional groups attached to an aromatic ring is 1. The smallest absolute Gasteiger partial charge is 0.263 e. The number of nitrogens with zero attached hydrogens (tertiary/aromatic N) is 4. The standard InChI is InChI=1S/C23H29N7O2S/c1-12-8-26-20-19(25)21(33-23(20)27-12)22(31)28-15-4-5-17-13(7-15)3-6-18(29-17)30-9-14(11-32-2)16(24)10-30/h3,6,8,14-16H,4-5,7,9-11,24-25H2,1-2H3,(H,28,31)/t14-,15+,16-/m1/s1. The predicted molar refractivity (Wildman–Crippen MR) is 130 cm³/mol. The molecule has 10 heteroatoms. The van der Waals surface area contributed by atoms with E-state index in [-0.39, 0.29) is 18.0 Å². The largest absolute Gasteiger partial charge is 0.396 e. The first-order valence-electron chi connectivity index (χ1n) is 11.2. The minimum atomic E-state index is -0.164. The Morgan fingerprint density at radius 1 is 1.33 bits per heavy atom. The van der Waals surface area contributed by atoms with Crippen LogP contribution in [0.4, 0.5) is 11.5 Å². The number of anilines is 2. The Hall–Kier alpha value is -2.82. The Kier molecular flexibility index (Phi) is 5.90. The van der Waals surface area contributed by atoms with Gasteiger partial charge in [-0.1, -0.05) is 6.07 Å². The molecule has 4 heterocycles. The van der Waals surface area contributed by atoms with Crippen LogP contribution in [0.5, 0.6) is 0 Å². The average Bonchev–Trinajstić information content (AvgIpc) is 3.33. The predicted octanol–water partition coefficient (Wildman–Crippen LogP) is 1.67. The van der Waals surface area contributed by atoms with Crippen LogP contribution in [0.3, 0.4) is 0 Å². The Balaban J connectivity index is 1.26. The zero-order valence-corrected chi connectivity index (χ0v) is 19.7. The van der Waals surface area contributed by atoms with Gasteiger partial charge < -0.3 is 26.4 Å². The lowest BCUT2D eigenvalue weighted by Crippen LogP contribution is -2.39. The summed E-state index contributed by atoms with van der Waals surface area (Å²) in [6.45, 7) is 4.19. The van der Waals surface area contributed by atoms with E-state index >= 15 is 0 Å². The van der Waals surface area contributed by atoms with Crippen molar-refractivity contribution in [2.45, 2.75) is 38.3 Å². The first-order chi connectivity index (χ1) is 15.9. The molecular weight excluding hydrogens is 438 g/mol. The van der Waals surface area contributed by atoms with E-state index in [2.05, 4.69) is 32.3 Å². The van der Waals surface area contributed by atoms with Crippen molar-refractivity contribution in [3.63, 3.8) is 0 Å². The van der Waals surface area contributed by atoms with E-state index in [9.17, 15) is 4.79 Å². The summed E-state index contributed by atoms with van der Waals surface area (Å²) in [6.07, 6.45) is 4.07. The first kappa shape index (κ1) is 22.0. The van der Waals surface area contributed by atoms with Gasteiger partial charge in [-0.2, -0.15) is 0 Å². The molecule has 1 saturated heterocycles. The Morgan fingerprint density at radius 2 is 2.18 bits per heavy atom. The van der Waals surface area contributed by atoms with Crippen LogP contribution in [0.25, 0.3) is 10.3 Å². The second kappa shape index (κ2) is 8.85. The Morgan fingerprint density at radius 3 is 3.00 bits per heavy atom. The summed E-state index contributed by atoms with van der Waals surface area (Å²) in [5, 5.41) is 3.16. The topological polar surface area (TPSA) is 132 Å². The number of thiophene rings is 1. The van der Waals surface area contributed by atoms with E-state index in [1.165, 1.54) is 16.9 Å². The highest BCUT2D eigenvalue weighted by atomic mass is 32.1. The normalized spacial score (nSPS) is 22.5. The van der Waals surface area contributed by atoms with E-state index in [1.54, 1.807) is 13.3 Å². The minimum Gasteiger partial charge on any atom is -0.396 e. The van der Waals surface area contributed by atoms with Crippen molar-refractivity contribution in [2.24, 2.45) is 11.7 Å². The van der Waals surface area contributed by atoms with Crippen molar-refractivity contribution in [1.82, 2.24) is 20.3 Å². The van der Waals surface area contributed by atoms with Gasteiger partial charge in [0.05, 0.1) is 18.0 Å². The van der Waals surface area contributed by atoms with Gasteiger partial charge in [0.2, 0.25) is 0 Å². The number of methoxy groups -OCH3 is 1. The number of aryl methyl sites for hydroxylation is 2. The number of carbonyl (C=O) groups excluding carboxylic acids is 1. The number of aromatic nitrogens is 3. The summed E-state index contributed by atoms with van der Waals surface area (Å²) in [5.74, 6) is 1.13. The van der Waals surface area contributed by atoms with Gasteiger partial charge in [0.1, 0.15) is 21.0 Å². The van der Waals surface area contributed by atoms with Gasteiger partial charge in [0.25, 0.3) is 5.91 Å². The summed E-state index contributed by atoms with van der Waals surface area (Å²) >= 11 is 1.29. The molecule has 0 unspecified atom stereocenters. The summed E-state index contributed by atoms with van der Waals surface area (Å²) in [7, 11) is 1.71. The Labute approximate surface area is 196 Å². The lowest BCUT2D eigenvalue weighted by molar-refractivity contribution is 0.0938. The number of pyridine rings is 1. The molecule has 5 rings (SSSR count). The average molecular weight is 468 g/mol. The first-order valence-corrected chi connectivity index (χ1v) is 12.0. The van der Waals surface area contributed by atoms with Gasteiger partial charge in [-0.15, -0.1) is 11.3 Å². The molecule has 3 aromatic heterocycles. The summed E-state index contributed by atoms with van der Waals surface area (Å²) in [6, 6.07) is 4.33. The molecule has 0 bridgehead atoms. The van der Waals surface area contributed by atoms with Gasteiger partial charge in [-0.3, -0.25) is 4.79 Å². The molecule has 1 aliphatic carbocycles. The van der Waals surface area contributed by atoms with E-state index in [4.69, 9.17) is 21.2 Å². The van der Waals surface area contributed by atoms with E-state index < -0.39 is 0 Å². The fourth-order valence-electron chi connectivity index (χ4n) is 4.76. The molecule has 33 heavy (non-hydrogen) atoms. The molecule has 0 saturated carbocycles. The van der Waals surface area contributed by atoms with Crippen molar-refractivity contribution in [2.75, 3.05) is 37.4 Å². The van der Waals surface area contributed by atoms with Gasteiger partial charge in [0, 0.05) is 50.1 Å². The number of hydrogen-bond donors (Lipinski definition) is 3. The van der Waals surface area contributed by atoms with E-state index in [0.717, 1.165) is 49.6 Å². The van der Waals surface area contributed by atoms with Crippen LogP contribution in [-0.2, 0) is 17.6 Å². The third kappa shape index (κ3) is 4.25. The van der Waals surface area contributed by atoms with Crippen molar-refractivity contribution in [3.8, 4) is 0 Å². The molecule has 1 fully saturated rings. The minimum absolute atomic E-state index is 0.0382. The van der Waals surface area contributed by atoms with Crippen LogP contribution >= 0.6 is 11.3 Å². The number of fused-ring (bicyclic) bond motifs is 2. The zero-order chi connectivity index (χ0) is 23.1. The molecule has 0 radical (unpaired) electrons. The third-order valence-corrected chi connectivity index (χ3v) is 7.63. The number of nitrogens with two attached hydrogens (primary N) is 2. The molecule has 1 aliphatic heterocycles. The highest BCUT2D eigenvalue weighted by Crippen LogP contribution is 2.32. The number of hydrogen-bond acceptors (Lipinski definition) is 9. The summed E-state index contributed by atoms with van der Waals surface area (Å²) in [5.41, 5.74) is 16.6. The maximum atomic E-state index is 13.0. The fourth-order valence-corrected chi connectivity index (χ4v) is 5.76. The highest BCUT2D eigenvalue weighted by molar-refractivity contribution is 7.21. The van der Waals surface area contributed by atoms with Crippen LogP contribution in [0.2, 0.25) is 0 Å². The number of ether oxygens (including phenoxy) is 1. The van der Waals surface area contributed by atoms with Crippen LogP contribution in [0.1, 0.15) is 33.0 Å². The van der Waals surface area contributed by atoms with Gasteiger partial charge in [-0.05, 0) is 37.8 Å². The SMILES string of the molecule is COC[C@H]1CN(c2ccc3c(n2)CC[C@H](NC(=O)c2sc4nc(C)cnc4c2N)C3)C[C@H]1N. The lowest BCUT2D eigenvalue weighted by atomic mass is 9.91. The molecule has 1 amide bonds. The summed E-state index contributed by atoms with van der Waals surface area (Å²) < 4.78 is 5.30. The molecule has 3 aromatic rings. The van der Waals surface area contributed by atoms with Crippen molar-refractivity contribution in [3.05, 3.63) is 40.2 Å². The van der Waals surface area contributed by atoms with Gasteiger partial charge >= 0.3 is 0 Å². The number of nitrogens with one attached hydrogen (secondary N) is 1. The Bertz CT molecular complexity index is 1200. The van der Waals surface area contributed by atoms with E-state index in [0.29, 0.717) is 33.4 Å². The molecule has 174 valence electrons. The van der Waals surface area contributed by atoms with Crippen LogP contribution in [0.15, 0.2) is 18.3 Å². The second-order valence-electron chi connectivity index (χ2n) is 8.98. The maximum absolute atomic E-state index is 13.0. The number of carbonyl (C=O) groups is 1. The fraction of sp³-hybridized carbons (Fsp3) is 0.478. The zero-order valence-electron chi connectivity index (χ0n) is 18.9. The van der Waals surface area contributed by atoms with Gasteiger partial charge in [-0.25, -0.2) is 15.0 Å². The molecule has 2 aliphatic rings. The van der Waals surface area contributed by atoms with Crippen LogP contribution < -0.4 is 21.7 Å². The molecule has 3 atom stereocenters.